The molecule has 158 valence electrons. The van der Waals surface area contributed by atoms with Crippen LogP contribution in [0, 0.1) is 13.8 Å². The molecule has 0 aliphatic rings. The summed E-state index contributed by atoms with van der Waals surface area (Å²) in [6, 6.07) is 10.6. The average molecular weight is 421 g/mol. The molecule has 0 aromatic heterocycles. The molecule has 0 fully saturated rings. The third-order valence-corrected chi connectivity index (χ3v) is 5.82. The fourth-order valence-corrected chi connectivity index (χ4v) is 3.83. The van der Waals surface area contributed by atoms with Gasteiger partial charge in [0.25, 0.3) is 0 Å². The molecule has 8 heteroatoms. The molecule has 0 bridgehead atoms. The highest BCUT2D eigenvalue weighted by Gasteiger charge is 2.18. The Morgan fingerprint density at radius 1 is 1.03 bits per heavy atom. The Morgan fingerprint density at radius 3 is 2.34 bits per heavy atom. The number of rotatable bonds is 9. The molecule has 0 saturated carbocycles. The highest BCUT2D eigenvalue weighted by molar-refractivity contribution is 7.92. The maximum absolute atomic E-state index is 12.4. The highest BCUT2D eigenvalue weighted by atomic mass is 32.2. The van der Waals surface area contributed by atoms with Crippen molar-refractivity contribution in [2.75, 3.05) is 36.6 Å². The van der Waals surface area contributed by atoms with Crippen LogP contribution in [0.2, 0.25) is 0 Å². The maximum Gasteiger partial charge on any atom is 0.232 e. The lowest BCUT2D eigenvalue weighted by Crippen LogP contribution is -2.31. The number of aryl methyl sites for hydroxylation is 2. The van der Waals surface area contributed by atoms with Crippen LogP contribution in [-0.4, -0.2) is 41.3 Å². The second kappa shape index (κ2) is 9.65. The molecule has 0 aliphatic heterocycles. The number of nitrogens with zero attached hydrogens (tertiary/aromatic N) is 1. The van der Waals surface area contributed by atoms with E-state index in [-0.39, 0.29) is 18.9 Å². The predicted octanol–water partition coefficient (Wildman–Crippen LogP) is 3.51. The van der Waals surface area contributed by atoms with Crippen molar-refractivity contribution in [3.05, 3.63) is 47.5 Å². The molecule has 0 atom stereocenters. The molecule has 2 aromatic rings. The Labute approximate surface area is 172 Å². The lowest BCUT2D eigenvalue weighted by atomic mass is 10.1. The van der Waals surface area contributed by atoms with Crippen LogP contribution in [0.3, 0.4) is 0 Å². The number of methoxy groups -OCH3 is 2. The lowest BCUT2D eigenvalue weighted by Gasteiger charge is -2.23. The topological polar surface area (TPSA) is 84.9 Å². The minimum atomic E-state index is -3.46. The Kier molecular flexibility index (Phi) is 7.50. The van der Waals surface area contributed by atoms with Crippen LogP contribution in [0.25, 0.3) is 0 Å². The number of ether oxygens (including phenoxy) is 2. The second-order valence-corrected chi connectivity index (χ2v) is 8.73. The van der Waals surface area contributed by atoms with E-state index in [0.29, 0.717) is 29.3 Å². The molecule has 0 heterocycles. The zero-order chi connectivity index (χ0) is 21.6. The summed E-state index contributed by atoms with van der Waals surface area (Å²) in [5.41, 5.74) is 3.21. The molecule has 7 nitrogen and oxygen atoms in total. The van der Waals surface area contributed by atoms with Gasteiger partial charge < -0.3 is 14.8 Å². The van der Waals surface area contributed by atoms with E-state index in [1.54, 1.807) is 31.4 Å². The summed E-state index contributed by atoms with van der Waals surface area (Å²) in [7, 11) is -0.398. The van der Waals surface area contributed by atoms with Crippen LogP contribution < -0.4 is 19.1 Å². The van der Waals surface area contributed by atoms with E-state index >= 15 is 0 Å². The molecule has 0 radical (unpaired) electrons. The van der Waals surface area contributed by atoms with E-state index in [9.17, 15) is 13.2 Å². The molecular formula is C21H28N2O5S. The van der Waals surface area contributed by atoms with Gasteiger partial charge in [-0.25, -0.2) is 8.42 Å². The third-order valence-electron chi connectivity index (χ3n) is 4.62. The van der Waals surface area contributed by atoms with Gasteiger partial charge in [0, 0.05) is 19.0 Å². The molecule has 0 aliphatic carbocycles. The SMILES string of the molecule is COc1ccc(OC)c(NC(=O)CCCN(c2ccc(C)c(C)c2)S(C)(=O)=O)c1. The van der Waals surface area contributed by atoms with Gasteiger partial charge in [-0.3, -0.25) is 9.10 Å². The van der Waals surface area contributed by atoms with E-state index in [4.69, 9.17) is 9.47 Å². The van der Waals surface area contributed by atoms with Crippen molar-refractivity contribution in [1.29, 1.82) is 0 Å². The molecule has 2 rings (SSSR count). The van der Waals surface area contributed by atoms with Crippen molar-refractivity contribution < 1.29 is 22.7 Å². The zero-order valence-corrected chi connectivity index (χ0v) is 18.3. The summed E-state index contributed by atoms with van der Waals surface area (Å²) < 4.78 is 36.2. The summed E-state index contributed by atoms with van der Waals surface area (Å²) >= 11 is 0. The molecule has 2 aromatic carbocycles. The highest BCUT2D eigenvalue weighted by Crippen LogP contribution is 2.29. The van der Waals surface area contributed by atoms with Crippen molar-refractivity contribution in [2.24, 2.45) is 0 Å². The van der Waals surface area contributed by atoms with Gasteiger partial charge in [0.2, 0.25) is 15.9 Å². The van der Waals surface area contributed by atoms with Crippen LogP contribution in [0.15, 0.2) is 36.4 Å². The fourth-order valence-electron chi connectivity index (χ4n) is 2.87. The summed E-state index contributed by atoms with van der Waals surface area (Å²) in [6.07, 6.45) is 1.71. The average Bonchev–Trinajstić information content (AvgIpc) is 2.66. The molecule has 29 heavy (non-hydrogen) atoms. The number of carbonyl (C=O) groups is 1. The quantitative estimate of drug-likeness (QED) is 0.671. The normalized spacial score (nSPS) is 11.1. The van der Waals surface area contributed by atoms with Crippen molar-refractivity contribution in [3.63, 3.8) is 0 Å². The van der Waals surface area contributed by atoms with E-state index in [1.165, 1.54) is 17.7 Å². The van der Waals surface area contributed by atoms with Gasteiger partial charge >= 0.3 is 0 Å². The van der Waals surface area contributed by atoms with Crippen LogP contribution in [0.4, 0.5) is 11.4 Å². The number of anilines is 2. The summed E-state index contributed by atoms with van der Waals surface area (Å²) in [5.74, 6) is 0.885. The van der Waals surface area contributed by atoms with Gasteiger partial charge in [-0.15, -0.1) is 0 Å². The van der Waals surface area contributed by atoms with Gasteiger partial charge in [-0.05, 0) is 55.7 Å². The van der Waals surface area contributed by atoms with Crippen molar-refractivity contribution in [3.8, 4) is 11.5 Å². The first-order chi connectivity index (χ1) is 13.7. The van der Waals surface area contributed by atoms with Crippen LogP contribution in [-0.2, 0) is 14.8 Å². The van der Waals surface area contributed by atoms with Gasteiger partial charge in [0.1, 0.15) is 11.5 Å². The van der Waals surface area contributed by atoms with Gasteiger partial charge in [0.05, 0.1) is 31.9 Å². The van der Waals surface area contributed by atoms with E-state index in [2.05, 4.69) is 5.32 Å². The smallest absolute Gasteiger partial charge is 0.232 e. The fraction of sp³-hybridized carbons (Fsp3) is 0.381. The molecule has 0 unspecified atom stereocenters. The number of benzene rings is 2. The monoisotopic (exact) mass is 420 g/mol. The first kappa shape index (κ1) is 22.5. The number of carbonyl (C=O) groups excluding carboxylic acids is 1. The lowest BCUT2D eigenvalue weighted by molar-refractivity contribution is -0.116. The van der Waals surface area contributed by atoms with Crippen LogP contribution >= 0.6 is 0 Å². The van der Waals surface area contributed by atoms with E-state index in [1.807, 2.05) is 26.0 Å². The first-order valence-corrected chi connectivity index (χ1v) is 11.1. The first-order valence-electron chi connectivity index (χ1n) is 9.22. The summed E-state index contributed by atoms with van der Waals surface area (Å²) in [4.78, 5) is 12.4. The maximum atomic E-state index is 12.4. The molecule has 1 amide bonds. The van der Waals surface area contributed by atoms with Crippen molar-refractivity contribution >= 4 is 27.3 Å². The minimum absolute atomic E-state index is 0.164. The zero-order valence-electron chi connectivity index (χ0n) is 17.5. The Hall–Kier alpha value is -2.74. The number of amides is 1. The van der Waals surface area contributed by atoms with Gasteiger partial charge in [0.15, 0.2) is 0 Å². The predicted molar refractivity (Wildman–Crippen MR) is 116 cm³/mol. The van der Waals surface area contributed by atoms with Crippen LogP contribution in [0.5, 0.6) is 11.5 Å². The Bertz CT molecular complexity index is 973. The molecule has 0 saturated heterocycles. The summed E-state index contributed by atoms with van der Waals surface area (Å²) in [5, 5.41) is 2.79. The van der Waals surface area contributed by atoms with E-state index < -0.39 is 10.0 Å². The van der Waals surface area contributed by atoms with Gasteiger partial charge in [-0.1, -0.05) is 6.07 Å². The van der Waals surface area contributed by atoms with Crippen LogP contribution in [0.1, 0.15) is 24.0 Å². The number of sulfonamides is 1. The Morgan fingerprint density at radius 2 is 1.76 bits per heavy atom. The number of hydrogen-bond acceptors (Lipinski definition) is 5. The third kappa shape index (κ3) is 6.12. The summed E-state index contributed by atoms with van der Waals surface area (Å²) in [6.45, 7) is 4.12. The number of nitrogens with one attached hydrogen (secondary N) is 1. The van der Waals surface area contributed by atoms with Crippen molar-refractivity contribution in [2.45, 2.75) is 26.7 Å². The standard InChI is InChI=1S/C21H28N2O5S/c1-15-8-9-17(13-16(15)2)23(29(5,25)26)12-6-7-21(24)22-19-14-18(27-3)10-11-20(19)28-4/h8-11,13-14H,6-7,12H2,1-5H3,(H,22,24). The van der Waals surface area contributed by atoms with E-state index in [0.717, 1.165) is 11.1 Å². The minimum Gasteiger partial charge on any atom is -0.497 e. The largest absolute Gasteiger partial charge is 0.497 e. The van der Waals surface area contributed by atoms with Gasteiger partial charge in [-0.2, -0.15) is 0 Å². The number of hydrogen-bond donors (Lipinski definition) is 1. The molecular weight excluding hydrogens is 392 g/mol. The second-order valence-electron chi connectivity index (χ2n) is 6.82. The Balaban J connectivity index is 2.04. The molecule has 1 N–H and O–H groups in total. The molecule has 0 spiro atoms. The van der Waals surface area contributed by atoms with Crippen molar-refractivity contribution in [1.82, 2.24) is 0 Å².